The maximum atomic E-state index is 11.3. The molecule has 16 nitrogen and oxygen atoms in total. The van der Waals surface area contributed by atoms with Crippen molar-refractivity contribution < 1.29 is 127 Å². The fraction of sp³-hybridized carbons (Fsp3) is 0.500. The summed E-state index contributed by atoms with van der Waals surface area (Å²) in [6.07, 6.45) is 0. The quantitative estimate of drug-likeness (QED) is 0.146. The van der Waals surface area contributed by atoms with E-state index >= 15 is 0 Å². The molecule has 0 N–H and O–H groups in total. The van der Waals surface area contributed by atoms with Gasteiger partial charge in [0.1, 0.15) is 52.9 Å². The van der Waals surface area contributed by atoms with Crippen molar-refractivity contribution in [2.45, 2.75) is 0 Å². The topological polar surface area (TPSA) is 210 Å². The predicted molar refractivity (Wildman–Crippen MR) is 169 cm³/mol. The molecule has 1 heterocycles. The first-order valence-electron chi connectivity index (χ1n) is 10.3. The van der Waals surface area contributed by atoms with Gasteiger partial charge in [0, 0.05) is 0 Å². The summed E-state index contributed by atoms with van der Waals surface area (Å²) in [5.74, 6) is -11.8. The van der Waals surface area contributed by atoms with E-state index in [1.54, 1.807) is 0 Å². The summed E-state index contributed by atoms with van der Waals surface area (Å²) in [7, 11) is 57.3. The van der Waals surface area contributed by atoms with Crippen LogP contribution in [0.2, 0.25) is 0 Å². The molecule has 1 rings (SSSR count). The van der Waals surface area contributed by atoms with Gasteiger partial charge in [-0.05, 0) is 0 Å². The molecule has 0 aromatic rings. The van der Waals surface area contributed by atoms with Gasteiger partial charge in [0.25, 0.3) is 0 Å². The van der Waals surface area contributed by atoms with Crippen molar-refractivity contribution >= 4 is 203 Å². The second-order valence-electron chi connectivity index (χ2n) is 5.41. The molecule has 0 spiro atoms. The van der Waals surface area contributed by atoms with Crippen LogP contribution in [0.15, 0.2) is 0 Å². The van der Waals surface area contributed by atoms with Crippen LogP contribution < -0.4 is 0 Å². The van der Waals surface area contributed by atoms with Crippen molar-refractivity contribution in [3.63, 3.8) is 0 Å². The first-order valence-corrected chi connectivity index (χ1v) is 35.6. The van der Waals surface area contributed by atoms with E-state index in [1.807, 2.05) is 0 Å². The summed E-state index contributed by atoms with van der Waals surface area (Å²) < 4.78 is 35.3. The van der Waals surface area contributed by atoms with Crippen molar-refractivity contribution in [1.29, 1.82) is 0 Å². The zero-order valence-electron chi connectivity index (χ0n) is 23.0. The number of cyclic esters (lactones) is 8. The number of carbonyl (C=O) groups excluding carboxylic acids is 8. The van der Waals surface area contributed by atoms with Crippen molar-refractivity contribution in [1.82, 2.24) is 0 Å². The van der Waals surface area contributed by atoms with E-state index in [-0.39, 0.29) is 0 Å². The second kappa shape index (κ2) is 56.1. The molecule has 1 aliphatic rings. The van der Waals surface area contributed by atoms with Crippen LogP contribution in [0.1, 0.15) is 0 Å². The Kier molecular flexibility index (Phi) is 72.6. The van der Waals surface area contributed by atoms with E-state index in [0.29, 0.717) is 50.6 Å². The summed E-state index contributed by atoms with van der Waals surface area (Å²) in [5, 5.41) is 0. The standard InChI is InChI=1S/C16H16O16.12ClH.4Ni.2Sn/c17-9-10(18)27-3-4-29-13(21)14(22)31-7-8-32-16(24)15(23)30-6-5-28-12(20)11(19)26-2-1-25-9;;;;;;;;;;;;;;;;;;/h1-8H2;12*1H;;;;;;/q;;;;;;;;;;;;;6*+2/p-12. The van der Waals surface area contributed by atoms with Gasteiger partial charge in [0.15, 0.2) is 0 Å². The van der Waals surface area contributed by atoms with E-state index < -0.39 is 138 Å². The Hall–Kier alpha value is 2.81. The zero-order valence-corrected chi connectivity index (χ0v) is 41.7. The van der Waals surface area contributed by atoms with Crippen molar-refractivity contribution in [3.05, 3.63) is 0 Å². The first-order chi connectivity index (χ1) is 23.7. The number of rotatable bonds is 0. The Labute approximate surface area is 377 Å². The van der Waals surface area contributed by atoms with E-state index in [9.17, 15) is 38.4 Å². The molecule has 0 bridgehead atoms. The fourth-order valence-corrected chi connectivity index (χ4v) is 1.55. The normalized spacial score (nSPS) is 15.0. The molecule has 0 aromatic heterocycles. The van der Waals surface area contributed by atoms with Crippen LogP contribution in [-0.4, -0.2) is 138 Å². The van der Waals surface area contributed by atoms with Crippen LogP contribution in [0, 0.1) is 0 Å². The molecule has 0 unspecified atom stereocenters. The van der Waals surface area contributed by atoms with Crippen molar-refractivity contribution in [2.24, 2.45) is 0 Å². The molecule has 308 valence electrons. The van der Waals surface area contributed by atoms with Crippen LogP contribution in [0.3, 0.4) is 0 Å². The molecule has 0 aliphatic carbocycles. The maximum absolute atomic E-state index is 11.3. The Balaban J connectivity index is -0.000000224. The van der Waals surface area contributed by atoms with Gasteiger partial charge in [-0.25, -0.2) is 38.4 Å². The molecule has 0 aromatic carbocycles. The average Bonchev–Trinajstić information content (AvgIpc) is 3.06. The molecule has 4 radical (unpaired) electrons. The van der Waals surface area contributed by atoms with Crippen LogP contribution in [0.4, 0.5) is 0 Å². The van der Waals surface area contributed by atoms with Gasteiger partial charge in [0.05, 0.1) is 0 Å². The van der Waals surface area contributed by atoms with Crippen LogP contribution in [0.5, 0.6) is 0 Å². The third-order valence-corrected chi connectivity index (χ3v) is 2.87. The third kappa shape index (κ3) is 57.5. The third-order valence-electron chi connectivity index (χ3n) is 2.87. The van der Waals surface area contributed by atoms with Crippen LogP contribution >= 0.6 is 117 Å². The molecule has 0 saturated carbocycles. The van der Waals surface area contributed by atoms with Crippen molar-refractivity contribution in [3.8, 4) is 0 Å². The number of esters is 8. The molecule has 50 heavy (non-hydrogen) atoms. The number of hydrogen-bond acceptors (Lipinski definition) is 16. The van der Waals surface area contributed by atoms with Gasteiger partial charge < -0.3 is 37.9 Å². The van der Waals surface area contributed by atoms with Gasteiger partial charge in [-0.3, -0.25) is 0 Å². The summed E-state index contributed by atoms with van der Waals surface area (Å²) >= 11 is 0.627. The fourth-order valence-electron chi connectivity index (χ4n) is 1.55. The van der Waals surface area contributed by atoms with Gasteiger partial charge in [-0.2, -0.15) is 0 Å². The summed E-state index contributed by atoms with van der Waals surface area (Å²) in [4.78, 5) is 90.8. The SMILES string of the molecule is O=C1OCCOC(=O)C(=O)OCCOC(=O)C(=O)OCCOC(=O)C(=O)OCCOC1=O.[Cl][Ni][Cl].[Cl][Ni][Cl].[Cl][Ni][Cl].[Cl][Ni][Cl].[Cl][Sn][Cl].[Cl][Sn][Cl]. The van der Waals surface area contributed by atoms with E-state index in [4.69, 9.17) is 117 Å². The van der Waals surface area contributed by atoms with Crippen LogP contribution in [0.25, 0.3) is 0 Å². The first kappa shape index (κ1) is 64.7. The molecular formula is C16H16Cl12Ni4O16Sn2. The van der Waals surface area contributed by atoms with Gasteiger partial charge in [-0.15, -0.1) is 0 Å². The van der Waals surface area contributed by atoms with E-state index in [2.05, 4.69) is 37.9 Å². The second-order valence-corrected chi connectivity index (χ2v) is 20.4. The number of ether oxygens (including phenoxy) is 8. The minimum atomic E-state index is -1.47. The monoisotopic (exact) mass is 1360 g/mol. The van der Waals surface area contributed by atoms with Gasteiger partial charge in [-0.1, -0.05) is 0 Å². The molecule has 1 fully saturated rings. The summed E-state index contributed by atoms with van der Waals surface area (Å²) in [6.45, 7) is -4.94. The average molecular weight is 1360 g/mol. The molecule has 1 saturated heterocycles. The summed E-state index contributed by atoms with van der Waals surface area (Å²) in [6, 6.07) is 0. The Bertz CT molecular complexity index is 720. The molecule has 0 atom stereocenters. The Morgan fingerprint density at radius 1 is 0.300 bits per heavy atom. The predicted octanol–water partition coefficient (Wildman–Crippen LogP) is 3.85. The van der Waals surface area contributed by atoms with Gasteiger partial charge >= 0.3 is 253 Å². The van der Waals surface area contributed by atoms with Gasteiger partial charge in [0.2, 0.25) is 0 Å². The summed E-state index contributed by atoms with van der Waals surface area (Å²) in [5.41, 5.74) is 0. The Morgan fingerprint density at radius 2 is 0.360 bits per heavy atom. The zero-order chi connectivity index (χ0) is 40.2. The molecule has 0 amide bonds. The number of halogens is 12. The molecule has 1 aliphatic heterocycles. The van der Waals surface area contributed by atoms with E-state index in [0.717, 1.165) is 0 Å². The van der Waals surface area contributed by atoms with E-state index in [1.165, 1.54) is 0 Å². The number of hydrogen-bond donors (Lipinski definition) is 0. The van der Waals surface area contributed by atoms with Crippen LogP contribution in [-0.2, 0) is 127 Å². The Morgan fingerprint density at radius 3 is 0.420 bits per heavy atom. The van der Waals surface area contributed by atoms with Crippen molar-refractivity contribution in [2.75, 3.05) is 52.9 Å². The number of carbonyl (C=O) groups is 8. The molecular weight excluding hydrogens is 1350 g/mol. The molecule has 34 heteroatoms. The minimum absolute atomic E-state index is 0.569.